The predicted octanol–water partition coefficient (Wildman–Crippen LogP) is 5.41. The molecule has 0 bridgehead atoms. The molecule has 0 aliphatic heterocycles. The third kappa shape index (κ3) is 12.8. The summed E-state index contributed by atoms with van der Waals surface area (Å²) in [6.07, 6.45) is -0.533. The summed E-state index contributed by atoms with van der Waals surface area (Å²) in [6, 6.07) is 3.29. The summed E-state index contributed by atoms with van der Waals surface area (Å²) in [6.45, 7) is 14.2. The van der Waals surface area contributed by atoms with Gasteiger partial charge < -0.3 is 34.1 Å². The Morgan fingerprint density at radius 1 is 0.897 bits per heavy atom. The van der Waals surface area contributed by atoms with Crippen LogP contribution in [0.25, 0.3) is 0 Å². The molecular formula is C28H43NO10. The normalized spacial score (nSPS) is 13.1. The summed E-state index contributed by atoms with van der Waals surface area (Å²) in [4.78, 5) is 48.5. The van der Waals surface area contributed by atoms with Crippen molar-refractivity contribution in [3.63, 3.8) is 0 Å². The van der Waals surface area contributed by atoms with Crippen molar-refractivity contribution in [3.8, 4) is 11.5 Å². The number of esters is 1. The van der Waals surface area contributed by atoms with E-state index in [0.717, 1.165) is 0 Å². The Hall–Kier alpha value is -3.34. The van der Waals surface area contributed by atoms with Crippen LogP contribution in [0.15, 0.2) is 18.2 Å². The van der Waals surface area contributed by atoms with Crippen LogP contribution < -0.4 is 14.8 Å². The van der Waals surface area contributed by atoms with E-state index in [1.165, 1.54) is 12.1 Å². The lowest BCUT2D eigenvalue weighted by Crippen LogP contribution is -2.42. The quantitative estimate of drug-likeness (QED) is 0.163. The average Bonchev–Trinajstić information content (AvgIpc) is 2.82. The zero-order valence-electron chi connectivity index (χ0n) is 24.3. The highest BCUT2D eigenvalue weighted by atomic mass is 16.8. The van der Waals surface area contributed by atoms with Gasteiger partial charge in [-0.25, -0.2) is 9.59 Å². The number of aliphatic carboxylic acids is 1. The van der Waals surface area contributed by atoms with Crippen LogP contribution in [0.1, 0.15) is 86.6 Å². The molecule has 0 saturated heterocycles. The Morgan fingerprint density at radius 2 is 1.44 bits per heavy atom. The molecule has 2 atom stereocenters. The van der Waals surface area contributed by atoms with E-state index >= 15 is 0 Å². The first-order valence-electron chi connectivity index (χ1n) is 13.2. The summed E-state index contributed by atoms with van der Waals surface area (Å²) >= 11 is 0. The molecule has 1 rings (SSSR count). The van der Waals surface area contributed by atoms with Crippen LogP contribution >= 0.6 is 0 Å². The van der Waals surface area contributed by atoms with Crippen molar-refractivity contribution in [2.24, 2.45) is 0 Å². The number of hydrogen-bond acceptors (Lipinski definition) is 10. The van der Waals surface area contributed by atoms with Crippen LogP contribution in [0.2, 0.25) is 0 Å². The molecule has 220 valence electrons. The van der Waals surface area contributed by atoms with E-state index in [9.17, 15) is 24.3 Å². The number of benzene rings is 1. The molecule has 0 fully saturated rings. The van der Waals surface area contributed by atoms with Gasteiger partial charge in [-0.05, 0) is 78.0 Å². The molecule has 0 aliphatic carbocycles. The smallest absolute Gasteiger partial charge is 0.480 e. The summed E-state index contributed by atoms with van der Waals surface area (Å²) in [5.74, 6) is -1.71. The fraction of sp³-hybridized carbons (Fsp3) is 0.643. The molecule has 0 spiro atoms. The van der Waals surface area contributed by atoms with Gasteiger partial charge in [-0.15, -0.1) is 0 Å². The second kappa shape index (κ2) is 15.3. The molecular weight excluding hydrogens is 510 g/mol. The lowest BCUT2D eigenvalue weighted by molar-refractivity contribution is -0.148. The molecule has 1 aromatic carbocycles. The van der Waals surface area contributed by atoms with E-state index in [1.807, 2.05) is 20.8 Å². The number of carbonyl (C=O) groups is 4. The van der Waals surface area contributed by atoms with Gasteiger partial charge in [-0.1, -0.05) is 26.8 Å². The maximum Gasteiger partial charge on any atom is 0.514 e. The number of carboxylic acid groups (broad SMARTS) is 1. The second-order valence-corrected chi connectivity index (χ2v) is 10.5. The van der Waals surface area contributed by atoms with Crippen LogP contribution in [-0.4, -0.2) is 59.2 Å². The Kier molecular flexibility index (Phi) is 13.2. The Morgan fingerprint density at radius 3 is 1.92 bits per heavy atom. The minimum absolute atomic E-state index is 0.00951. The van der Waals surface area contributed by atoms with E-state index in [2.05, 4.69) is 5.32 Å². The highest BCUT2D eigenvalue weighted by Gasteiger charge is 2.27. The van der Waals surface area contributed by atoms with Gasteiger partial charge >= 0.3 is 24.2 Å². The Balaban J connectivity index is 3.12. The topological polar surface area (TPSA) is 147 Å². The molecule has 39 heavy (non-hydrogen) atoms. The van der Waals surface area contributed by atoms with Crippen LogP contribution in [0.3, 0.4) is 0 Å². The fourth-order valence-corrected chi connectivity index (χ4v) is 2.98. The van der Waals surface area contributed by atoms with Crippen LogP contribution in [0, 0.1) is 0 Å². The first-order chi connectivity index (χ1) is 18.1. The third-order valence-electron chi connectivity index (χ3n) is 5.99. The minimum atomic E-state index is -1.13. The zero-order valence-corrected chi connectivity index (χ0v) is 24.3. The van der Waals surface area contributed by atoms with Crippen molar-refractivity contribution in [3.05, 3.63) is 23.8 Å². The molecule has 0 amide bonds. The van der Waals surface area contributed by atoms with Crippen LogP contribution in [0.5, 0.6) is 11.5 Å². The summed E-state index contributed by atoms with van der Waals surface area (Å²) in [5, 5.41) is 12.6. The Labute approximate surface area is 230 Å². The molecule has 1 unspecified atom stereocenters. The van der Waals surface area contributed by atoms with Crippen LogP contribution in [0.4, 0.5) is 9.59 Å². The molecule has 2 N–H and O–H groups in total. The largest absolute Gasteiger partial charge is 0.514 e. The van der Waals surface area contributed by atoms with Gasteiger partial charge in [0.1, 0.15) is 23.3 Å². The second-order valence-electron chi connectivity index (χ2n) is 10.5. The lowest BCUT2D eigenvalue weighted by atomic mass is 10.0. The highest BCUT2D eigenvalue weighted by Crippen LogP contribution is 2.31. The first-order valence-corrected chi connectivity index (χ1v) is 13.2. The highest BCUT2D eigenvalue weighted by molar-refractivity contribution is 5.74. The molecule has 0 heterocycles. The van der Waals surface area contributed by atoms with Crippen molar-refractivity contribution < 1.29 is 48.0 Å². The minimum Gasteiger partial charge on any atom is -0.480 e. The van der Waals surface area contributed by atoms with Gasteiger partial charge in [0.2, 0.25) is 0 Å². The number of rotatable bonds is 15. The van der Waals surface area contributed by atoms with Crippen molar-refractivity contribution in [2.75, 3.05) is 6.54 Å². The summed E-state index contributed by atoms with van der Waals surface area (Å²) in [7, 11) is 0. The summed E-state index contributed by atoms with van der Waals surface area (Å²) in [5.41, 5.74) is -1.10. The maximum absolute atomic E-state index is 12.5. The van der Waals surface area contributed by atoms with Crippen molar-refractivity contribution in [2.45, 2.75) is 111 Å². The van der Waals surface area contributed by atoms with Crippen molar-refractivity contribution in [1.82, 2.24) is 5.32 Å². The first kappa shape index (κ1) is 33.7. The molecule has 11 nitrogen and oxygen atoms in total. The van der Waals surface area contributed by atoms with Gasteiger partial charge in [0.05, 0.1) is 0 Å². The molecule has 0 radical (unpaired) electrons. The van der Waals surface area contributed by atoms with E-state index in [0.29, 0.717) is 24.8 Å². The van der Waals surface area contributed by atoms with Gasteiger partial charge in [-0.3, -0.25) is 9.59 Å². The third-order valence-corrected chi connectivity index (χ3v) is 5.99. The van der Waals surface area contributed by atoms with Gasteiger partial charge in [0, 0.05) is 13.0 Å². The Bertz CT molecular complexity index is 989. The lowest BCUT2D eigenvalue weighted by Gasteiger charge is -2.24. The van der Waals surface area contributed by atoms with Crippen molar-refractivity contribution in [1.29, 1.82) is 0 Å². The summed E-state index contributed by atoms with van der Waals surface area (Å²) < 4.78 is 26.6. The van der Waals surface area contributed by atoms with Gasteiger partial charge in [0.15, 0.2) is 11.5 Å². The average molecular weight is 554 g/mol. The fourth-order valence-electron chi connectivity index (χ4n) is 2.98. The molecule has 11 heteroatoms. The van der Waals surface area contributed by atoms with Gasteiger partial charge in [-0.2, -0.15) is 0 Å². The predicted molar refractivity (Wildman–Crippen MR) is 143 cm³/mol. The molecule has 1 aromatic rings. The van der Waals surface area contributed by atoms with Gasteiger partial charge in [0.25, 0.3) is 0 Å². The number of nitrogens with one attached hydrogen (secondary N) is 1. The molecule has 0 aliphatic rings. The standard InChI is InChI=1S/C28H43NO10/c1-9-12-23(30)35-18(4)17-29-20(24(31)32)15-19-13-14-21(36-25(33)38-27(5,6)10-2)22(16-19)37-26(34)39-28(7,8)11-3/h13-14,16,18,20,29H,9-12,15,17H2,1-8H3,(H,31,32)/t18?,20-/m0/s1. The SMILES string of the molecule is CCCC(=O)OC(C)CN[C@@H](Cc1ccc(OC(=O)OC(C)(C)CC)c(OC(=O)OC(C)(C)CC)c1)C(=O)O. The van der Waals surface area contributed by atoms with E-state index in [4.69, 9.17) is 23.7 Å². The zero-order chi connectivity index (χ0) is 29.8. The van der Waals surface area contributed by atoms with E-state index < -0.39 is 41.6 Å². The molecule has 0 saturated carbocycles. The number of carboxylic acids is 1. The maximum atomic E-state index is 12.5. The van der Waals surface area contributed by atoms with Crippen molar-refractivity contribution >= 4 is 24.2 Å². The molecule has 0 aromatic heterocycles. The van der Waals surface area contributed by atoms with Crippen LogP contribution in [-0.2, 0) is 30.2 Å². The van der Waals surface area contributed by atoms with E-state index in [1.54, 1.807) is 40.7 Å². The van der Waals surface area contributed by atoms with E-state index in [-0.39, 0.29) is 36.9 Å². The number of hydrogen-bond donors (Lipinski definition) is 2. The monoisotopic (exact) mass is 553 g/mol. The number of ether oxygens (including phenoxy) is 5. The number of carbonyl (C=O) groups excluding carboxylic acids is 3.